The maximum Gasteiger partial charge on any atom is 0.387 e. The van der Waals surface area contributed by atoms with Crippen molar-refractivity contribution in [1.29, 1.82) is 0 Å². The first kappa shape index (κ1) is 21.5. The number of para-hydroxylation sites is 1. The Kier molecular flexibility index (Phi) is 7.80. The second-order valence-corrected chi connectivity index (χ2v) is 7.24. The van der Waals surface area contributed by atoms with E-state index in [1.165, 1.54) is 0 Å². The van der Waals surface area contributed by atoms with Crippen LogP contribution < -0.4 is 9.47 Å². The Morgan fingerprint density at radius 3 is 2.21 bits per heavy atom. The Balaban J connectivity index is 1.41. The summed E-state index contributed by atoms with van der Waals surface area (Å²) in [6.45, 7) is 3.63. The van der Waals surface area contributed by atoms with E-state index in [9.17, 15) is 13.9 Å². The number of hydrogen-bond acceptors (Lipinski definition) is 5. The molecule has 1 heterocycles. The number of piperazine rings is 1. The summed E-state index contributed by atoms with van der Waals surface area (Å²) in [6, 6.07) is 16.5. The molecule has 158 valence electrons. The van der Waals surface area contributed by atoms with Gasteiger partial charge in [-0.2, -0.15) is 8.78 Å². The highest BCUT2D eigenvalue weighted by Gasteiger charge is 2.23. The number of halogens is 2. The molecule has 1 N–H and O–H groups in total. The normalized spacial score (nSPS) is 17.8. The molecule has 0 radical (unpaired) electrons. The van der Waals surface area contributed by atoms with Crippen LogP contribution >= 0.6 is 0 Å². The lowest BCUT2D eigenvalue weighted by Gasteiger charge is -2.38. The Morgan fingerprint density at radius 1 is 0.931 bits per heavy atom. The quantitative estimate of drug-likeness (QED) is 0.692. The summed E-state index contributed by atoms with van der Waals surface area (Å²) >= 11 is 0. The Labute approximate surface area is 170 Å². The Hall–Kier alpha value is -2.22. The molecule has 29 heavy (non-hydrogen) atoms. The molecular formula is C22H28F2N2O3. The number of hydrogen-bond donors (Lipinski definition) is 1. The van der Waals surface area contributed by atoms with E-state index < -0.39 is 12.7 Å². The Morgan fingerprint density at radius 2 is 1.59 bits per heavy atom. The van der Waals surface area contributed by atoms with Gasteiger partial charge in [-0.05, 0) is 36.8 Å². The molecule has 1 aliphatic rings. The SMILES string of the molecule is CC(c1ccc(OC(F)F)cc1)N1CCN(CC(O)COc2ccccc2)CC1. The molecule has 3 rings (SSSR count). The predicted molar refractivity (Wildman–Crippen MR) is 107 cm³/mol. The molecule has 1 saturated heterocycles. The lowest BCUT2D eigenvalue weighted by molar-refractivity contribution is -0.0498. The van der Waals surface area contributed by atoms with Gasteiger partial charge in [0.25, 0.3) is 0 Å². The van der Waals surface area contributed by atoms with Crippen LogP contribution in [-0.4, -0.2) is 67.0 Å². The van der Waals surface area contributed by atoms with Crippen molar-refractivity contribution in [2.24, 2.45) is 0 Å². The lowest BCUT2D eigenvalue weighted by atomic mass is 10.1. The zero-order valence-corrected chi connectivity index (χ0v) is 16.6. The van der Waals surface area contributed by atoms with Crippen LogP contribution in [0, 0.1) is 0 Å². The summed E-state index contributed by atoms with van der Waals surface area (Å²) in [7, 11) is 0. The van der Waals surface area contributed by atoms with Crippen LogP contribution in [0.25, 0.3) is 0 Å². The summed E-state index contributed by atoms with van der Waals surface area (Å²) in [6.07, 6.45) is -0.540. The first-order chi connectivity index (χ1) is 14.0. The number of benzene rings is 2. The topological polar surface area (TPSA) is 45.2 Å². The van der Waals surface area contributed by atoms with E-state index in [1.807, 2.05) is 42.5 Å². The number of ether oxygens (including phenoxy) is 2. The van der Waals surface area contributed by atoms with Crippen molar-refractivity contribution >= 4 is 0 Å². The number of rotatable bonds is 9. The van der Waals surface area contributed by atoms with E-state index in [4.69, 9.17) is 4.74 Å². The first-order valence-electron chi connectivity index (χ1n) is 9.88. The van der Waals surface area contributed by atoms with Gasteiger partial charge in [-0.3, -0.25) is 9.80 Å². The van der Waals surface area contributed by atoms with Crippen LogP contribution in [-0.2, 0) is 0 Å². The molecule has 0 spiro atoms. The zero-order valence-electron chi connectivity index (χ0n) is 16.6. The molecule has 0 aliphatic carbocycles. The van der Waals surface area contributed by atoms with Crippen LogP contribution in [0.4, 0.5) is 8.78 Å². The number of aliphatic hydroxyl groups excluding tert-OH is 1. The Bertz CT molecular complexity index is 723. The summed E-state index contributed by atoms with van der Waals surface area (Å²) in [4.78, 5) is 4.59. The molecule has 0 saturated carbocycles. The molecule has 0 bridgehead atoms. The fourth-order valence-electron chi connectivity index (χ4n) is 3.53. The van der Waals surface area contributed by atoms with Crippen molar-refractivity contribution in [2.75, 3.05) is 39.3 Å². The average Bonchev–Trinajstić information content (AvgIpc) is 2.73. The van der Waals surface area contributed by atoms with Gasteiger partial charge in [0, 0.05) is 38.8 Å². The van der Waals surface area contributed by atoms with Gasteiger partial charge in [-0.25, -0.2) is 0 Å². The van der Waals surface area contributed by atoms with Crippen molar-refractivity contribution in [3.8, 4) is 11.5 Å². The third kappa shape index (κ3) is 6.66. The maximum absolute atomic E-state index is 12.3. The molecule has 7 heteroatoms. The van der Waals surface area contributed by atoms with E-state index in [-0.39, 0.29) is 18.4 Å². The van der Waals surface area contributed by atoms with Gasteiger partial charge in [-0.1, -0.05) is 30.3 Å². The van der Waals surface area contributed by atoms with Crippen molar-refractivity contribution < 1.29 is 23.4 Å². The van der Waals surface area contributed by atoms with Gasteiger partial charge >= 0.3 is 6.61 Å². The van der Waals surface area contributed by atoms with Crippen molar-refractivity contribution in [1.82, 2.24) is 9.80 Å². The van der Waals surface area contributed by atoms with E-state index >= 15 is 0 Å². The minimum absolute atomic E-state index is 0.174. The lowest BCUT2D eigenvalue weighted by Crippen LogP contribution is -2.49. The largest absolute Gasteiger partial charge is 0.491 e. The standard InChI is InChI=1S/C22H28F2N2O3/c1-17(18-7-9-21(10-8-18)29-22(23)24)26-13-11-25(12-14-26)15-19(27)16-28-20-5-3-2-4-6-20/h2-10,17,19,22,27H,11-16H2,1H3. The second kappa shape index (κ2) is 10.5. The molecule has 2 aromatic rings. The predicted octanol–water partition coefficient (Wildman–Crippen LogP) is 3.41. The average molecular weight is 406 g/mol. The molecule has 5 nitrogen and oxygen atoms in total. The van der Waals surface area contributed by atoms with Crippen LogP contribution in [0.1, 0.15) is 18.5 Å². The van der Waals surface area contributed by atoms with E-state index in [0.29, 0.717) is 6.54 Å². The van der Waals surface area contributed by atoms with E-state index in [2.05, 4.69) is 21.5 Å². The van der Waals surface area contributed by atoms with E-state index in [1.54, 1.807) is 12.1 Å². The second-order valence-electron chi connectivity index (χ2n) is 7.24. The fourth-order valence-corrected chi connectivity index (χ4v) is 3.53. The number of alkyl halides is 2. The van der Waals surface area contributed by atoms with Crippen molar-refractivity contribution in [2.45, 2.75) is 25.7 Å². The summed E-state index contributed by atoms with van der Waals surface area (Å²) in [5.74, 6) is 0.933. The highest BCUT2D eigenvalue weighted by molar-refractivity contribution is 5.29. The van der Waals surface area contributed by atoms with Crippen molar-refractivity contribution in [3.63, 3.8) is 0 Å². The third-order valence-corrected chi connectivity index (χ3v) is 5.20. The molecular weight excluding hydrogens is 378 g/mol. The van der Waals surface area contributed by atoms with Gasteiger partial charge in [-0.15, -0.1) is 0 Å². The maximum atomic E-state index is 12.3. The number of nitrogens with zero attached hydrogens (tertiary/aromatic N) is 2. The molecule has 1 aliphatic heterocycles. The highest BCUT2D eigenvalue weighted by Crippen LogP contribution is 2.24. The molecule has 0 amide bonds. The first-order valence-corrected chi connectivity index (χ1v) is 9.88. The number of aliphatic hydroxyl groups is 1. The minimum atomic E-state index is -2.81. The van der Waals surface area contributed by atoms with Crippen LogP contribution in [0.2, 0.25) is 0 Å². The van der Waals surface area contributed by atoms with Crippen LogP contribution in [0.15, 0.2) is 54.6 Å². The fraction of sp³-hybridized carbons (Fsp3) is 0.455. The van der Waals surface area contributed by atoms with Gasteiger partial charge in [0.1, 0.15) is 24.2 Å². The van der Waals surface area contributed by atoms with Crippen molar-refractivity contribution in [3.05, 3.63) is 60.2 Å². The van der Waals surface area contributed by atoms with Gasteiger partial charge in [0.15, 0.2) is 0 Å². The van der Waals surface area contributed by atoms with Gasteiger partial charge in [0.05, 0.1) is 0 Å². The zero-order chi connectivity index (χ0) is 20.6. The van der Waals surface area contributed by atoms with Gasteiger partial charge in [0.2, 0.25) is 0 Å². The molecule has 2 unspecified atom stereocenters. The molecule has 1 fully saturated rings. The smallest absolute Gasteiger partial charge is 0.387 e. The third-order valence-electron chi connectivity index (χ3n) is 5.20. The van der Waals surface area contributed by atoms with Crippen LogP contribution in [0.5, 0.6) is 11.5 Å². The summed E-state index contributed by atoms with van der Waals surface area (Å²) in [5.41, 5.74) is 1.07. The number of β-amino-alcohol motifs (C(OH)–C–C–N with tert-alkyl or cyclic N) is 1. The van der Waals surface area contributed by atoms with E-state index in [0.717, 1.165) is 37.5 Å². The highest BCUT2D eigenvalue weighted by atomic mass is 19.3. The van der Waals surface area contributed by atoms with Gasteiger partial charge < -0.3 is 14.6 Å². The molecule has 2 aromatic carbocycles. The monoisotopic (exact) mass is 406 g/mol. The van der Waals surface area contributed by atoms with Crippen LogP contribution in [0.3, 0.4) is 0 Å². The summed E-state index contributed by atoms with van der Waals surface area (Å²) in [5, 5.41) is 10.3. The minimum Gasteiger partial charge on any atom is -0.491 e. The summed E-state index contributed by atoms with van der Waals surface area (Å²) < 4.78 is 34.6. The molecule has 0 aromatic heterocycles. The molecule has 2 atom stereocenters.